The molecular weight excluding hydrogens is 428 g/mol. The first kappa shape index (κ1) is 29.3. The van der Waals surface area contributed by atoms with Crippen LogP contribution in [-0.4, -0.2) is 50.6 Å². The van der Waals surface area contributed by atoms with Gasteiger partial charge in [-0.2, -0.15) is 0 Å². The van der Waals surface area contributed by atoms with Crippen molar-refractivity contribution in [1.82, 2.24) is 0 Å². The van der Waals surface area contributed by atoms with Crippen LogP contribution in [0.25, 0.3) is 0 Å². The first-order valence-corrected chi connectivity index (χ1v) is 17.2. The normalized spacial score (nSPS) is 27.4. The van der Waals surface area contributed by atoms with Gasteiger partial charge in [0.25, 0.3) is 0 Å². The zero-order valence-corrected chi connectivity index (χ0v) is 23.9. The maximum Gasteiger partial charge on any atom is 0.192 e. The first-order chi connectivity index (χ1) is 15.7. The van der Waals surface area contributed by atoms with Gasteiger partial charge in [0.2, 0.25) is 0 Å². The van der Waals surface area contributed by atoms with Gasteiger partial charge in [0.1, 0.15) is 0 Å². The summed E-state index contributed by atoms with van der Waals surface area (Å²) < 4.78 is 19.6. The van der Waals surface area contributed by atoms with Crippen molar-refractivity contribution in [2.75, 3.05) is 6.61 Å². The van der Waals surface area contributed by atoms with Crippen molar-refractivity contribution in [3.8, 4) is 0 Å². The zero-order chi connectivity index (χ0) is 24.3. The standard InChI is InChI=1S/C28H56O4Si/c1-7-8-9-10-11-12-13-14-15-16-17-27(32-33(5,6)28(2,3)4)26-21-20-25(31-26)24-19-18-23(22-29)30-24/h23-27,29H,7-22H2,1-6H3/t23-,24-,25+,26+,27-/m0/s1. The van der Waals surface area contributed by atoms with E-state index in [9.17, 15) is 5.11 Å². The molecular formula is C28H56O4Si. The van der Waals surface area contributed by atoms with E-state index in [-0.39, 0.29) is 42.2 Å². The molecule has 2 heterocycles. The van der Waals surface area contributed by atoms with E-state index >= 15 is 0 Å². The number of ether oxygens (including phenoxy) is 2. The van der Waals surface area contributed by atoms with Crippen LogP contribution in [0, 0.1) is 0 Å². The summed E-state index contributed by atoms with van der Waals surface area (Å²) in [5.41, 5.74) is 0. The molecule has 196 valence electrons. The van der Waals surface area contributed by atoms with E-state index in [0.717, 1.165) is 32.1 Å². The van der Waals surface area contributed by atoms with Gasteiger partial charge in [-0.05, 0) is 50.2 Å². The molecule has 0 spiro atoms. The Kier molecular flexibility index (Phi) is 12.9. The third-order valence-corrected chi connectivity index (χ3v) is 12.9. The van der Waals surface area contributed by atoms with Crippen molar-refractivity contribution in [2.45, 2.75) is 173 Å². The third kappa shape index (κ3) is 9.91. The molecule has 2 aliphatic heterocycles. The highest BCUT2D eigenvalue weighted by atomic mass is 28.4. The Morgan fingerprint density at radius 1 is 0.818 bits per heavy atom. The molecule has 5 atom stereocenters. The van der Waals surface area contributed by atoms with E-state index in [1.54, 1.807) is 0 Å². The van der Waals surface area contributed by atoms with Gasteiger partial charge in [0, 0.05) is 0 Å². The molecule has 2 fully saturated rings. The van der Waals surface area contributed by atoms with Crippen LogP contribution in [0.1, 0.15) is 124 Å². The highest BCUT2D eigenvalue weighted by Crippen LogP contribution is 2.40. The van der Waals surface area contributed by atoms with E-state index in [0.29, 0.717) is 0 Å². The summed E-state index contributed by atoms with van der Waals surface area (Å²) >= 11 is 0. The van der Waals surface area contributed by atoms with Crippen LogP contribution in [0.3, 0.4) is 0 Å². The molecule has 0 saturated carbocycles. The van der Waals surface area contributed by atoms with Crippen LogP contribution in [0.2, 0.25) is 18.1 Å². The minimum atomic E-state index is -1.85. The average molecular weight is 485 g/mol. The second-order valence-corrected chi connectivity index (χ2v) is 17.0. The molecule has 0 aliphatic carbocycles. The molecule has 0 unspecified atom stereocenters. The molecule has 0 aromatic carbocycles. The number of hydrogen-bond donors (Lipinski definition) is 1. The lowest BCUT2D eigenvalue weighted by Gasteiger charge is -2.41. The predicted octanol–water partition coefficient (Wildman–Crippen LogP) is 7.78. The first-order valence-electron chi connectivity index (χ1n) is 14.3. The summed E-state index contributed by atoms with van der Waals surface area (Å²) in [6.45, 7) is 14.1. The van der Waals surface area contributed by atoms with Crippen LogP contribution in [0.4, 0.5) is 0 Å². The van der Waals surface area contributed by atoms with Gasteiger partial charge in [0.05, 0.1) is 37.1 Å². The largest absolute Gasteiger partial charge is 0.411 e. The number of rotatable bonds is 16. The second kappa shape index (κ2) is 14.6. The van der Waals surface area contributed by atoms with Crippen LogP contribution in [0.5, 0.6) is 0 Å². The molecule has 33 heavy (non-hydrogen) atoms. The Bertz CT molecular complexity index is 519. The number of aliphatic hydroxyl groups is 1. The topological polar surface area (TPSA) is 47.9 Å². The maximum atomic E-state index is 9.41. The number of aliphatic hydroxyl groups excluding tert-OH is 1. The molecule has 2 aliphatic rings. The monoisotopic (exact) mass is 484 g/mol. The zero-order valence-electron chi connectivity index (χ0n) is 22.9. The summed E-state index contributed by atoms with van der Waals surface area (Å²) in [5.74, 6) is 0. The van der Waals surface area contributed by atoms with Crippen molar-refractivity contribution < 1.29 is 19.0 Å². The molecule has 1 N–H and O–H groups in total. The van der Waals surface area contributed by atoms with E-state index < -0.39 is 8.32 Å². The summed E-state index contributed by atoms with van der Waals surface area (Å²) in [5, 5.41) is 9.62. The molecule has 0 amide bonds. The fraction of sp³-hybridized carbons (Fsp3) is 1.00. The molecule has 4 nitrogen and oxygen atoms in total. The van der Waals surface area contributed by atoms with Crippen molar-refractivity contribution in [1.29, 1.82) is 0 Å². The summed E-state index contributed by atoms with van der Waals surface area (Å²) in [7, 11) is -1.85. The minimum absolute atomic E-state index is 0.00331. The Hall–Kier alpha value is 0.0569. The van der Waals surface area contributed by atoms with Crippen LogP contribution in [0.15, 0.2) is 0 Å². The van der Waals surface area contributed by atoms with Crippen LogP contribution in [-0.2, 0) is 13.9 Å². The van der Waals surface area contributed by atoms with E-state index in [4.69, 9.17) is 13.9 Å². The van der Waals surface area contributed by atoms with Gasteiger partial charge in [0.15, 0.2) is 8.32 Å². The summed E-state index contributed by atoms with van der Waals surface area (Å²) in [6, 6.07) is 0. The second-order valence-electron chi connectivity index (χ2n) is 12.2. The molecule has 2 saturated heterocycles. The molecule has 5 heteroatoms. The van der Waals surface area contributed by atoms with Gasteiger partial charge < -0.3 is 19.0 Å². The maximum absolute atomic E-state index is 9.41. The van der Waals surface area contributed by atoms with Crippen LogP contribution < -0.4 is 0 Å². The Morgan fingerprint density at radius 2 is 1.36 bits per heavy atom. The smallest absolute Gasteiger partial charge is 0.192 e. The molecule has 0 bridgehead atoms. The number of unbranched alkanes of at least 4 members (excludes halogenated alkanes) is 9. The lowest BCUT2D eigenvalue weighted by atomic mass is 10.0. The van der Waals surface area contributed by atoms with Gasteiger partial charge in [-0.3, -0.25) is 0 Å². The van der Waals surface area contributed by atoms with E-state index in [2.05, 4.69) is 40.8 Å². The van der Waals surface area contributed by atoms with Gasteiger partial charge >= 0.3 is 0 Å². The summed E-state index contributed by atoms with van der Waals surface area (Å²) in [6.07, 6.45) is 19.6. The summed E-state index contributed by atoms with van der Waals surface area (Å²) in [4.78, 5) is 0. The van der Waals surface area contributed by atoms with Gasteiger partial charge in [-0.25, -0.2) is 0 Å². The third-order valence-electron chi connectivity index (χ3n) is 8.35. The fourth-order valence-electron chi connectivity index (χ4n) is 5.09. The predicted molar refractivity (Wildman–Crippen MR) is 141 cm³/mol. The van der Waals surface area contributed by atoms with E-state index in [1.807, 2.05) is 0 Å². The van der Waals surface area contributed by atoms with E-state index in [1.165, 1.54) is 64.2 Å². The molecule has 0 radical (unpaired) electrons. The van der Waals surface area contributed by atoms with Gasteiger partial charge in [-0.1, -0.05) is 91.9 Å². The SMILES string of the molecule is CCCCCCCCCCCC[C@H](O[Si](C)(C)C(C)(C)C)[C@H]1CC[C@H]([C@@H]2CC[C@@H](CO)O2)O1. The Morgan fingerprint density at radius 3 is 1.91 bits per heavy atom. The van der Waals surface area contributed by atoms with Gasteiger partial charge in [-0.15, -0.1) is 0 Å². The van der Waals surface area contributed by atoms with Crippen molar-refractivity contribution >= 4 is 8.32 Å². The minimum Gasteiger partial charge on any atom is -0.411 e. The lowest BCUT2D eigenvalue weighted by Crippen LogP contribution is -2.47. The Labute approximate surface area is 206 Å². The highest BCUT2D eigenvalue weighted by Gasteiger charge is 2.44. The van der Waals surface area contributed by atoms with Crippen molar-refractivity contribution in [3.05, 3.63) is 0 Å². The molecule has 0 aromatic rings. The quantitative estimate of drug-likeness (QED) is 0.179. The highest BCUT2D eigenvalue weighted by molar-refractivity contribution is 6.74. The fourth-order valence-corrected chi connectivity index (χ4v) is 6.47. The molecule has 2 rings (SSSR count). The van der Waals surface area contributed by atoms with Crippen LogP contribution >= 0.6 is 0 Å². The molecule has 0 aromatic heterocycles. The Balaban J connectivity index is 1.79. The average Bonchev–Trinajstić information content (AvgIpc) is 3.42. The number of hydrogen-bond acceptors (Lipinski definition) is 4. The van der Waals surface area contributed by atoms with Crippen molar-refractivity contribution in [2.24, 2.45) is 0 Å². The van der Waals surface area contributed by atoms with Crippen molar-refractivity contribution in [3.63, 3.8) is 0 Å². The lowest BCUT2D eigenvalue weighted by molar-refractivity contribution is -0.0958.